The first kappa shape index (κ1) is 17.9. The minimum Gasteiger partial charge on any atom is -0.378 e. The Morgan fingerprint density at radius 3 is 2.86 bits per heavy atom. The van der Waals surface area contributed by atoms with E-state index in [0.29, 0.717) is 5.69 Å². The van der Waals surface area contributed by atoms with Crippen molar-refractivity contribution in [3.8, 4) is 0 Å². The molecule has 1 spiro atoms. The molecule has 6 nitrogen and oxygen atoms in total. The summed E-state index contributed by atoms with van der Waals surface area (Å²) in [7, 11) is 1.76. The van der Waals surface area contributed by atoms with Gasteiger partial charge in [0.05, 0.1) is 12.1 Å². The van der Waals surface area contributed by atoms with E-state index in [-0.39, 0.29) is 23.5 Å². The molecule has 1 aliphatic heterocycles. The molecular formula is C22H27N3O3. The summed E-state index contributed by atoms with van der Waals surface area (Å²) in [5, 5.41) is 10.8. The fourth-order valence-corrected chi connectivity index (χ4v) is 5.57. The average Bonchev–Trinajstić information content (AvgIpc) is 3.27. The highest BCUT2D eigenvalue weighted by Gasteiger charge is 2.53. The van der Waals surface area contributed by atoms with Crippen LogP contribution in [0.3, 0.4) is 0 Å². The van der Waals surface area contributed by atoms with E-state index in [1.54, 1.807) is 7.11 Å². The van der Waals surface area contributed by atoms with Crippen LogP contribution in [0.5, 0.6) is 0 Å². The normalized spacial score (nSPS) is 25.3. The molecule has 1 aromatic carbocycles. The molecule has 1 aromatic heterocycles. The molecule has 28 heavy (non-hydrogen) atoms. The number of nitrogens with one attached hydrogen (secondary N) is 2. The van der Waals surface area contributed by atoms with Crippen LogP contribution < -0.4 is 10.6 Å². The van der Waals surface area contributed by atoms with Crippen molar-refractivity contribution >= 4 is 5.91 Å². The summed E-state index contributed by atoms with van der Waals surface area (Å²) in [6, 6.07) is 8.29. The van der Waals surface area contributed by atoms with Gasteiger partial charge in [-0.3, -0.25) is 4.79 Å². The summed E-state index contributed by atoms with van der Waals surface area (Å²) < 4.78 is 11.5. The van der Waals surface area contributed by atoms with Gasteiger partial charge in [0.1, 0.15) is 5.76 Å². The summed E-state index contributed by atoms with van der Waals surface area (Å²) in [5.74, 6) is 0.723. The zero-order chi connectivity index (χ0) is 19.1. The lowest BCUT2D eigenvalue weighted by Gasteiger charge is -2.40. The van der Waals surface area contributed by atoms with Crippen LogP contribution in [0, 0.1) is 0 Å². The van der Waals surface area contributed by atoms with E-state index < -0.39 is 0 Å². The van der Waals surface area contributed by atoms with Gasteiger partial charge >= 0.3 is 0 Å². The third-order valence-corrected chi connectivity index (χ3v) is 6.88. The first-order chi connectivity index (χ1) is 13.7. The van der Waals surface area contributed by atoms with Gasteiger partial charge in [-0.05, 0) is 56.3 Å². The maximum Gasteiger partial charge on any atom is 0.274 e. The van der Waals surface area contributed by atoms with Crippen molar-refractivity contribution < 1.29 is 14.1 Å². The molecule has 0 unspecified atom stereocenters. The van der Waals surface area contributed by atoms with Gasteiger partial charge in [-0.2, -0.15) is 0 Å². The number of piperidine rings is 1. The Bertz CT molecular complexity index is 885. The van der Waals surface area contributed by atoms with Crippen LogP contribution in [0.15, 0.2) is 28.8 Å². The second-order valence-corrected chi connectivity index (χ2v) is 8.24. The van der Waals surface area contributed by atoms with Crippen LogP contribution in [0.2, 0.25) is 0 Å². The van der Waals surface area contributed by atoms with Crippen LogP contribution in [0.1, 0.15) is 64.7 Å². The van der Waals surface area contributed by atoms with E-state index in [2.05, 4.69) is 34.0 Å². The van der Waals surface area contributed by atoms with E-state index in [9.17, 15) is 4.79 Å². The molecule has 0 bridgehead atoms. The van der Waals surface area contributed by atoms with E-state index in [4.69, 9.17) is 9.26 Å². The SMILES string of the molecule is CO[C@@H]1[C@@H](NC(=O)c2noc3c2CCCC3)c2ccccc2C12CCNCC2. The summed E-state index contributed by atoms with van der Waals surface area (Å²) in [5.41, 5.74) is 3.87. The number of hydrogen-bond donors (Lipinski definition) is 2. The van der Waals surface area contributed by atoms with Gasteiger partial charge in [-0.15, -0.1) is 0 Å². The summed E-state index contributed by atoms with van der Waals surface area (Å²) in [4.78, 5) is 13.2. The van der Waals surface area contributed by atoms with Gasteiger partial charge in [0, 0.05) is 24.5 Å². The number of rotatable bonds is 3. The van der Waals surface area contributed by atoms with Crippen molar-refractivity contribution in [1.82, 2.24) is 15.8 Å². The van der Waals surface area contributed by atoms with Crippen molar-refractivity contribution in [3.05, 3.63) is 52.4 Å². The van der Waals surface area contributed by atoms with Crippen molar-refractivity contribution in [2.45, 2.75) is 56.1 Å². The Balaban J connectivity index is 1.49. The number of hydrogen-bond acceptors (Lipinski definition) is 5. The number of ether oxygens (including phenoxy) is 1. The minimum absolute atomic E-state index is 0.0577. The molecule has 5 rings (SSSR count). The zero-order valence-corrected chi connectivity index (χ0v) is 16.3. The second-order valence-electron chi connectivity index (χ2n) is 8.24. The number of carbonyl (C=O) groups is 1. The van der Waals surface area contributed by atoms with Crippen molar-refractivity contribution in [1.29, 1.82) is 0 Å². The molecule has 2 heterocycles. The first-order valence-electron chi connectivity index (χ1n) is 10.4. The van der Waals surface area contributed by atoms with Gasteiger partial charge in [-0.25, -0.2) is 0 Å². The Morgan fingerprint density at radius 1 is 1.25 bits per heavy atom. The predicted molar refractivity (Wildman–Crippen MR) is 104 cm³/mol. The topological polar surface area (TPSA) is 76.4 Å². The number of amides is 1. The maximum atomic E-state index is 13.2. The van der Waals surface area contributed by atoms with Gasteiger partial charge in [0.25, 0.3) is 5.91 Å². The van der Waals surface area contributed by atoms with Gasteiger partial charge in [0.2, 0.25) is 0 Å². The fraction of sp³-hybridized carbons (Fsp3) is 0.545. The molecule has 2 aromatic rings. The van der Waals surface area contributed by atoms with Crippen LogP contribution in [-0.4, -0.2) is 37.4 Å². The Morgan fingerprint density at radius 2 is 2.04 bits per heavy atom. The van der Waals surface area contributed by atoms with Gasteiger partial charge in [0.15, 0.2) is 5.69 Å². The molecule has 3 aliphatic rings. The standard InChI is InChI=1S/C22H27N3O3/c1-27-20-18(24-21(26)19-15-7-3-5-9-17(15)28-25-19)14-6-2-4-8-16(14)22(20)10-12-23-13-11-22/h2,4,6,8,18,20,23H,3,5,7,9-13H2,1H3,(H,24,26)/t18-,20+/m0/s1. The number of carbonyl (C=O) groups excluding carboxylic acids is 1. The highest BCUT2D eigenvalue weighted by Crippen LogP contribution is 2.51. The minimum atomic E-state index is -0.178. The average molecular weight is 381 g/mol. The molecule has 0 saturated carbocycles. The highest BCUT2D eigenvalue weighted by atomic mass is 16.5. The largest absolute Gasteiger partial charge is 0.378 e. The summed E-state index contributed by atoms with van der Waals surface area (Å²) in [6.07, 6.45) is 5.85. The Hall–Kier alpha value is -2.18. The molecule has 2 atom stereocenters. The first-order valence-corrected chi connectivity index (χ1v) is 10.4. The molecule has 0 radical (unpaired) electrons. The molecule has 2 N–H and O–H groups in total. The lowest BCUT2D eigenvalue weighted by molar-refractivity contribution is 0.00388. The van der Waals surface area contributed by atoms with Crippen LogP contribution >= 0.6 is 0 Å². The molecule has 1 amide bonds. The maximum absolute atomic E-state index is 13.2. The Labute approximate surface area is 165 Å². The number of benzene rings is 1. The third kappa shape index (κ3) is 2.62. The monoisotopic (exact) mass is 381 g/mol. The smallest absolute Gasteiger partial charge is 0.274 e. The summed E-state index contributed by atoms with van der Waals surface area (Å²) in [6.45, 7) is 1.93. The quantitative estimate of drug-likeness (QED) is 0.855. The fourth-order valence-electron chi connectivity index (χ4n) is 5.57. The lowest BCUT2D eigenvalue weighted by atomic mass is 9.72. The number of fused-ring (bicyclic) bond motifs is 3. The predicted octanol–water partition coefficient (Wildman–Crippen LogP) is 2.67. The molecule has 6 heteroatoms. The van der Waals surface area contributed by atoms with Gasteiger partial charge in [-0.1, -0.05) is 29.4 Å². The molecule has 1 saturated heterocycles. The van der Waals surface area contributed by atoms with Gasteiger partial charge < -0.3 is 19.9 Å². The van der Waals surface area contributed by atoms with E-state index in [1.807, 2.05) is 6.07 Å². The second kappa shape index (κ2) is 7.01. The number of methoxy groups -OCH3 is 1. The number of aryl methyl sites for hydroxylation is 1. The lowest BCUT2D eigenvalue weighted by Crippen LogP contribution is -2.49. The Kier molecular flexibility index (Phi) is 4.48. The summed E-state index contributed by atoms with van der Waals surface area (Å²) >= 11 is 0. The van der Waals surface area contributed by atoms with E-state index in [0.717, 1.165) is 62.9 Å². The van der Waals surface area contributed by atoms with Crippen molar-refractivity contribution in [3.63, 3.8) is 0 Å². The van der Waals surface area contributed by atoms with Crippen molar-refractivity contribution in [2.24, 2.45) is 0 Å². The zero-order valence-electron chi connectivity index (χ0n) is 16.3. The molecule has 148 valence electrons. The molecule has 2 aliphatic carbocycles. The highest BCUT2D eigenvalue weighted by molar-refractivity contribution is 5.94. The van der Waals surface area contributed by atoms with E-state index >= 15 is 0 Å². The number of nitrogens with zero attached hydrogens (tertiary/aromatic N) is 1. The van der Waals surface area contributed by atoms with E-state index in [1.165, 1.54) is 11.1 Å². The molecular weight excluding hydrogens is 354 g/mol. The number of aromatic nitrogens is 1. The van der Waals surface area contributed by atoms with Crippen LogP contribution in [0.4, 0.5) is 0 Å². The van der Waals surface area contributed by atoms with Crippen molar-refractivity contribution in [2.75, 3.05) is 20.2 Å². The van der Waals surface area contributed by atoms with Crippen LogP contribution in [0.25, 0.3) is 0 Å². The third-order valence-electron chi connectivity index (χ3n) is 6.88. The molecule has 1 fully saturated rings. The van der Waals surface area contributed by atoms with Crippen LogP contribution in [-0.2, 0) is 23.0 Å².